The second kappa shape index (κ2) is 4.19. The summed E-state index contributed by atoms with van der Waals surface area (Å²) in [6.45, 7) is 1.98. The Bertz CT molecular complexity index is 276. The normalized spacial score (nSPS) is 12.6. The lowest BCUT2D eigenvalue weighted by atomic mass is 10.1. The molecule has 0 radical (unpaired) electrons. The first-order valence-electron chi connectivity index (χ1n) is 3.51. The zero-order valence-electron chi connectivity index (χ0n) is 6.55. The Balaban J connectivity index is 3.20. The molecule has 0 aliphatic carbocycles. The molecule has 0 saturated carbocycles. The topological polar surface area (TPSA) is 17.1 Å². The smallest absolute Gasteiger partial charge is 0.138 e. The average molecular weight is 292 g/mol. The van der Waals surface area contributed by atoms with E-state index in [9.17, 15) is 4.79 Å². The number of carbonyl (C=O) groups is 1. The van der Waals surface area contributed by atoms with Crippen molar-refractivity contribution in [2.75, 3.05) is 0 Å². The van der Waals surface area contributed by atoms with Gasteiger partial charge in [0.05, 0.1) is 4.83 Å². The highest BCUT2D eigenvalue weighted by Gasteiger charge is 2.11. The van der Waals surface area contributed by atoms with E-state index in [1.54, 1.807) is 0 Å². The van der Waals surface area contributed by atoms with E-state index in [4.69, 9.17) is 0 Å². The van der Waals surface area contributed by atoms with Gasteiger partial charge in [-0.1, -0.05) is 44.0 Å². The van der Waals surface area contributed by atoms with Gasteiger partial charge in [-0.2, -0.15) is 0 Å². The third-order valence-electron chi connectivity index (χ3n) is 1.67. The Morgan fingerprint density at radius 1 is 1.50 bits per heavy atom. The van der Waals surface area contributed by atoms with Crippen LogP contribution in [-0.4, -0.2) is 6.29 Å². The van der Waals surface area contributed by atoms with Crippen LogP contribution in [0.1, 0.15) is 16.0 Å². The fourth-order valence-corrected chi connectivity index (χ4v) is 2.69. The molecule has 0 aliphatic rings. The van der Waals surface area contributed by atoms with Crippen molar-refractivity contribution >= 4 is 38.1 Å². The van der Waals surface area contributed by atoms with E-state index >= 15 is 0 Å². The lowest BCUT2D eigenvalue weighted by molar-refractivity contribution is -0.107. The van der Waals surface area contributed by atoms with Gasteiger partial charge in [-0.25, -0.2) is 0 Å². The zero-order chi connectivity index (χ0) is 9.14. The van der Waals surface area contributed by atoms with Gasteiger partial charge in [0.25, 0.3) is 0 Å². The largest absolute Gasteiger partial charge is 0.302 e. The number of aldehydes is 1. The Hall–Kier alpha value is -0.150. The van der Waals surface area contributed by atoms with E-state index < -0.39 is 0 Å². The minimum Gasteiger partial charge on any atom is -0.302 e. The Kier molecular flexibility index (Phi) is 3.47. The summed E-state index contributed by atoms with van der Waals surface area (Å²) < 4.78 is 0.969. The second-order valence-electron chi connectivity index (χ2n) is 2.51. The first kappa shape index (κ1) is 9.93. The summed E-state index contributed by atoms with van der Waals surface area (Å²) in [4.78, 5) is 10.3. The molecule has 1 unspecified atom stereocenters. The van der Waals surface area contributed by atoms with Crippen molar-refractivity contribution in [3.63, 3.8) is 0 Å². The predicted molar refractivity (Wildman–Crippen MR) is 56.6 cm³/mol. The lowest BCUT2D eigenvalue weighted by Crippen LogP contribution is -1.95. The molecule has 0 saturated heterocycles. The molecule has 0 aromatic heterocycles. The molecule has 0 bridgehead atoms. The molecule has 0 fully saturated rings. The lowest BCUT2D eigenvalue weighted by Gasteiger charge is -2.08. The highest BCUT2D eigenvalue weighted by Crippen LogP contribution is 2.30. The molecule has 1 aromatic carbocycles. The molecule has 0 aliphatic heterocycles. The van der Waals surface area contributed by atoms with Crippen molar-refractivity contribution in [3.8, 4) is 0 Å². The zero-order valence-corrected chi connectivity index (χ0v) is 9.72. The number of benzene rings is 1. The summed E-state index contributed by atoms with van der Waals surface area (Å²) in [5.74, 6) is 0. The third kappa shape index (κ3) is 1.96. The van der Waals surface area contributed by atoms with E-state index in [0.717, 1.165) is 21.9 Å². The van der Waals surface area contributed by atoms with Crippen molar-refractivity contribution in [2.45, 2.75) is 11.8 Å². The van der Waals surface area contributed by atoms with Crippen LogP contribution in [0.25, 0.3) is 0 Å². The van der Waals surface area contributed by atoms with E-state index in [-0.39, 0.29) is 4.83 Å². The molecule has 1 nitrogen and oxygen atoms in total. The highest BCUT2D eigenvalue weighted by molar-refractivity contribution is 9.11. The van der Waals surface area contributed by atoms with Gasteiger partial charge >= 0.3 is 0 Å². The van der Waals surface area contributed by atoms with Crippen LogP contribution in [0.4, 0.5) is 0 Å². The van der Waals surface area contributed by atoms with Crippen LogP contribution >= 0.6 is 31.9 Å². The van der Waals surface area contributed by atoms with Crippen LogP contribution in [0.5, 0.6) is 0 Å². The Morgan fingerprint density at radius 2 is 2.17 bits per heavy atom. The third-order valence-corrected chi connectivity index (χ3v) is 3.03. The van der Waals surface area contributed by atoms with Gasteiger partial charge in [0.2, 0.25) is 0 Å². The van der Waals surface area contributed by atoms with Gasteiger partial charge in [0.15, 0.2) is 0 Å². The second-order valence-corrected chi connectivity index (χ2v) is 4.35. The summed E-state index contributed by atoms with van der Waals surface area (Å²) >= 11 is 6.69. The monoisotopic (exact) mass is 290 g/mol. The number of hydrogen-bond acceptors (Lipinski definition) is 1. The standard InChI is InChI=1S/C9H8Br2O/c1-6-3-2-4-7(10)9(6)8(11)5-12/h2-5,8H,1H3. The summed E-state index contributed by atoms with van der Waals surface area (Å²) in [6, 6.07) is 5.87. The van der Waals surface area contributed by atoms with Gasteiger partial charge in [0.1, 0.15) is 6.29 Å². The summed E-state index contributed by atoms with van der Waals surface area (Å²) in [5, 5.41) is 0. The van der Waals surface area contributed by atoms with E-state index in [1.807, 2.05) is 25.1 Å². The number of rotatable bonds is 2. The van der Waals surface area contributed by atoms with Crippen LogP contribution in [0.15, 0.2) is 22.7 Å². The first-order chi connectivity index (χ1) is 5.66. The number of aryl methyl sites for hydroxylation is 1. The highest BCUT2D eigenvalue weighted by atomic mass is 79.9. The summed E-state index contributed by atoms with van der Waals surface area (Å²) in [6.07, 6.45) is 0.882. The van der Waals surface area contributed by atoms with Gasteiger partial charge in [-0.05, 0) is 24.1 Å². The van der Waals surface area contributed by atoms with E-state index in [0.29, 0.717) is 0 Å². The maximum absolute atomic E-state index is 10.5. The van der Waals surface area contributed by atoms with Crippen LogP contribution in [-0.2, 0) is 4.79 Å². The molecule has 0 spiro atoms. The van der Waals surface area contributed by atoms with Crippen molar-refractivity contribution in [1.29, 1.82) is 0 Å². The predicted octanol–water partition coefficient (Wildman–Crippen LogP) is 3.39. The maximum atomic E-state index is 10.5. The molecular formula is C9H8Br2O. The summed E-state index contributed by atoms with van der Waals surface area (Å²) in [7, 11) is 0. The van der Waals surface area contributed by atoms with Crippen LogP contribution in [0.2, 0.25) is 0 Å². The van der Waals surface area contributed by atoms with Gasteiger partial charge in [-0.3, -0.25) is 0 Å². The number of hydrogen-bond donors (Lipinski definition) is 0. The van der Waals surface area contributed by atoms with Crippen molar-refractivity contribution in [3.05, 3.63) is 33.8 Å². The molecule has 3 heteroatoms. The molecule has 12 heavy (non-hydrogen) atoms. The minimum absolute atomic E-state index is 0.215. The number of carbonyl (C=O) groups excluding carboxylic acids is 1. The SMILES string of the molecule is Cc1cccc(Br)c1C(Br)C=O. The Labute approximate surface area is 88.4 Å². The van der Waals surface area contributed by atoms with Gasteiger partial charge in [-0.15, -0.1) is 0 Å². The van der Waals surface area contributed by atoms with Crippen LogP contribution in [0.3, 0.4) is 0 Å². The van der Waals surface area contributed by atoms with Crippen molar-refractivity contribution < 1.29 is 4.79 Å². The number of halogens is 2. The Morgan fingerprint density at radius 3 is 2.67 bits per heavy atom. The van der Waals surface area contributed by atoms with E-state index in [1.165, 1.54) is 0 Å². The first-order valence-corrected chi connectivity index (χ1v) is 5.22. The average Bonchev–Trinajstić information content (AvgIpc) is 2.03. The molecule has 0 N–H and O–H groups in total. The number of alkyl halides is 1. The molecule has 1 aromatic rings. The van der Waals surface area contributed by atoms with E-state index in [2.05, 4.69) is 31.9 Å². The van der Waals surface area contributed by atoms with Crippen molar-refractivity contribution in [2.24, 2.45) is 0 Å². The molecule has 1 rings (SSSR count). The summed E-state index contributed by atoms with van der Waals surface area (Å²) in [5.41, 5.74) is 2.12. The molecule has 64 valence electrons. The molecule has 0 amide bonds. The van der Waals surface area contributed by atoms with Gasteiger partial charge in [0, 0.05) is 4.47 Å². The molecular weight excluding hydrogens is 284 g/mol. The molecule has 0 heterocycles. The van der Waals surface area contributed by atoms with Crippen LogP contribution < -0.4 is 0 Å². The molecule has 1 atom stereocenters. The fraction of sp³-hybridized carbons (Fsp3) is 0.222. The quantitative estimate of drug-likeness (QED) is 0.603. The van der Waals surface area contributed by atoms with Crippen LogP contribution in [0, 0.1) is 6.92 Å². The van der Waals surface area contributed by atoms with Crippen molar-refractivity contribution in [1.82, 2.24) is 0 Å². The van der Waals surface area contributed by atoms with Gasteiger partial charge < -0.3 is 4.79 Å². The minimum atomic E-state index is -0.215. The fourth-order valence-electron chi connectivity index (χ4n) is 1.06. The maximum Gasteiger partial charge on any atom is 0.138 e.